The van der Waals surface area contributed by atoms with E-state index in [2.05, 4.69) is 56.1 Å². The third-order valence-corrected chi connectivity index (χ3v) is 5.41. The average molecular weight is 413 g/mol. The number of nitrogens with zero attached hydrogens (tertiary/aromatic N) is 2. The van der Waals surface area contributed by atoms with Gasteiger partial charge in [0.05, 0.1) is 11.3 Å². The third kappa shape index (κ3) is 5.85. The predicted octanol–water partition coefficient (Wildman–Crippen LogP) is 8.22. The molecule has 0 fully saturated rings. The highest BCUT2D eigenvalue weighted by atomic mass is 16.1. The Labute approximate surface area is 186 Å². The number of azo groups is 1. The quantitative estimate of drug-likeness (QED) is 0.297. The normalized spacial score (nSPS) is 11.7. The van der Waals surface area contributed by atoms with Gasteiger partial charge in [0.15, 0.2) is 5.78 Å². The van der Waals surface area contributed by atoms with E-state index in [4.69, 9.17) is 0 Å². The Balaban J connectivity index is 0.00000166. The van der Waals surface area contributed by atoms with Crippen molar-refractivity contribution in [1.82, 2.24) is 0 Å². The summed E-state index contributed by atoms with van der Waals surface area (Å²) in [6.45, 7) is 12.6. The largest absolute Gasteiger partial charge is 0.289 e. The first kappa shape index (κ1) is 23.9. The Hall–Kier alpha value is -3.33. The summed E-state index contributed by atoms with van der Waals surface area (Å²) in [4.78, 5) is 12.8. The van der Waals surface area contributed by atoms with Gasteiger partial charge in [0.25, 0.3) is 0 Å². The number of ketones is 1. The van der Waals surface area contributed by atoms with Gasteiger partial charge in [-0.25, -0.2) is 0 Å². The molecule has 3 heteroatoms. The molecule has 3 rings (SSSR count). The van der Waals surface area contributed by atoms with Gasteiger partial charge >= 0.3 is 0 Å². The maximum Gasteiger partial charge on any atom is 0.195 e. The van der Waals surface area contributed by atoms with Crippen LogP contribution in [-0.4, -0.2) is 5.78 Å². The Kier molecular flexibility index (Phi) is 8.63. The number of aryl methyl sites for hydroxylation is 1. The molecule has 0 aliphatic heterocycles. The zero-order chi connectivity index (χ0) is 22.9. The fourth-order valence-corrected chi connectivity index (χ4v) is 3.32. The molecular formula is C28H32N2O. The van der Waals surface area contributed by atoms with Crippen molar-refractivity contribution in [3.63, 3.8) is 0 Å². The minimum Gasteiger partial charge on any atom is -0.289 e. The van der Waals surface area contributed by atoms with Crippen LogP contribution in [0.15, 0.2) is 101 Å². The molecule has 3 aromatic carbocycles. The van der Waals surface area contributed by atoms with Crippen molar-refractivity contribution in [3.8, 4) is 0 Å². The molecule has 31 heavy (non-hydrogen) atoms. The average Bonchev–Trinajstić information content (AvgIpc) is 2.81. The molecule has 160 valence electrons. The van der Waals surface area contributed by atoms with Crippen molar-refractivity contribution in [2.24, 2.45) is 10.2 Å². The van der Waals surface area contributed by atoms with Crippen LogP contribution < -0.4 is 0 Å². The van der Waals surface area contributed by atoms with Gasteiger partial charge in [-0.05, 0) is 42.7 Å². The van der Waals surface area contributed by atoms with E-state index in [1.54, 1.807) is 12.3 Å². The number of carbonyl (C=O) groups is 1. The van der Waals surface area contributed by atoms with Crippen LogP contribution in [0, 0.1) is 6.92 Å². The maximum absolute atomic E-state index is 12.8. The Morgan fingerprint density at radius 1 is 0.839 bits per heavy atom. The van der Waals surface area contributed by atoms with E-state index >= 15 is 0 Å². The molecule has 0 spiro atoms. The highest BCUT2D eigenvalue weighted by Crippen LogP contribution is 2.33. The number of benzene rings is 3. The van der Waals surface area contributed by atoms with Gasteiger partial charge in [-0.2, -0.15) is 10.2 Å². The van der Waals surface area contributed by atoms with Crippen molar-refractivity contribution in [1.29, 1.82) is 0 Å². The van der Waals surface area contributed by atoms with Gasteiger partial charge in [0.1, 0.15) is 0 Å². The molecular weight excluding hydrogens is 380 g/mol. The Morgan fingerprint density at radius 3 is 2.10 bits per heavy atom. The van der Waals surface area contributed by atoms with Crippen LogP contribution in [0.1, 0.15) is 61.7 Å². The van der Waals surface area contributed by atoms with Gasteiger partial charge in [-0.3, -0.25) is 4.79 Å². The zero-order valence-electron chi connectivity index (χ0n) is 19.4. The minimum absolute atomic E-state index is 0.0545. The topological polar surface area (TPSA) is 41.8 Å². The second-order valence-corrected chi connectivity index (χ2v) is 7.68. The molecule has 3 aromatic rings. The molecule has 0 unspecified atom stereocenters. The monoisotopic (exact) mass is 412 g/mol. The fourth-order valence-electron chi connectivity index (χ4n) is 3.32. The van der Waals surface area contributed by atoms with E-state index in [0.717, 1.165) is 5.57 Å². The molecule has 0 amide bonds. The Bertz CT molecular complexity index is 1060. The van der Waals surface area contributed by atoms with E-state index in [1.807, 2.05) is 68.4 Å². The van der Waals surface area contributed by atoms with Crippen LogP contribution >= 0.6 is 0 Å². The van der Waals surface area contributed by atoms with Crippen molar-refractivity contribution in [3.05, 3.63) is 113 Å². The summed E-state index contributed by atoms with van der Waals surface area (Å²) >= 11 is 0. The lowest BCUT2D eigenvalue weighted by Crippen LogP contribution is -2.19. The van der Waals surface area contributed by atoms with E-state index in [9.17, 15) is 4.79 Å². The summed E-state index contributed by atoms with van der Waals surface area (Å²) in [6.07, 6.45) is 1.79. The van der Waals surface area contributed by atoms with Crippen LogP contribution in [0.25, 0.3) is 0 Å². The molecule has 0 N–H and O–H groups in total. The summed E-state index contributed by atoms with van der Waals surface area (Å²) in [5.41, 5.74) is 5.21. The number of hydrogen-bond donors (Lipinski definition) is 0. The van der Waals surface area contributed by atoms with E-state index in [-0.39, 0.29) is 11.2 Å². The van der Waals surface area contributed by atoms with Crippen molar-refractivity contribution < 1.29 is 4.79 Å². The third-order valence-electron chi connectivity index (χ3n) is 5.41. The standard InChI is InChI=1S/C26H26N2O.C2H6/c1-19-12-8-10-16-23(19)26(3,4)20(2)18-27-28-24-17-11-9-15-22(24)25(29)21-13-6-5-7-14-21;1-2/h5-18H,1-4H3;1-2H3/b20-18-,28-27?;. The first-order valence-corrected chi connectivity index (χ1v) is 10.7. The van der Waals surface area contributed by atoms with Crippen LogP contribution in [-0.2, 0) is 5.41 Å². The molecule has 0 saturated carbocycles. The fraction of sp³-hybridized carbons (Fsp3) is 0.250. The lowest BCUT2D eigenvalue weighted by Gasteiger charge is -2.27. The second-order valence-electron chi connectivity index (χ2n) is 7.68. The highest BCUT2D eigenvalue weighted by molar-refractivity contribution is 6.11. The summed E-state index contributed by atoms with van der Waals surface area (Å²) in [7, 11) is 0. The first-order chi connectivity index (χ1) is 14.9. The molecule has 0 aliphatic rings. The summed E-state index contributed by atoms with van der Waals surface area (Å²) in [5, 5.41) is 8.66. The van der Waals surface area contributed by atoms with E-state index < -0.39 is 0 Å². The molecule has 0 heterocycles. The summed E-state index contributed by atoms with van der Waals surface area (Å²) in [5.74, 6) is -0.0545. The smallest absolute Gasteiger partial charge is 0.195 e. The molecule has 0 aromatic heterocycles. The van der Waals surface area contributed by atoms with Gasteiger partial charge in [-0.1, -0.05) is 94.4 Å². The van der Waals surface area contributed by atoms with Crippen LogP contribution in [0.2, 0.25) is 0 Å². The zero-order valence-corrected chi connectivity index (χ0v) is 19.4. The molecule has 0 radical (unpaired) electrons. The van der Waals surface area contributed by atoms with Gasteiger partial charge in [0, 0.05) is 17.2 Å². The lowest BCUT2D eigenvalue weighted by molar-refractivity contribution is 0.103. The highest BCUT2D eigenvalue weighted by Gasteiger charge is 2.24. The van der Waals surface area contributed by atoms with Crippen molar-refractivity contribution in [2.45, 2.75) is 47.0 Å². The van der Waals surface area contributed by atoms with Crippen molar-refractivity contribution in [2.75, 3.05) is 0 Å². The summed E-state index contributed by atoms with van der Waals surface area (Å²) in [6, 6.07) is 24.9. The van der Waals surface area contributed by atoms with Crippen LogP contribution in [0.4, 0.5) is 5.69 Å². The molecule has 0 atom stereocenters. The summed E-state index contributed by atoms with van der Waals surface area (Å²) < 4.78 is 0. The van der Waals surface area contributed by atoms with Gasteiger partial charge in [-0.15, -0.1) is 0 Å². The molecule has 0 saturated heterocycles. The molecule has 0 bridgehead atoms. The number of rotatable bonds is 6. The second kappa shape index (κ2) is 11.2. The number of hydrogen-bond acceptors (Lipinski definition) is 3. The molecule has 0 aliphatic carbocycles. The number of carbonyl (C=O) groups excluding carboxylic acids is 1. The molecule has 3 nitrogen and oxygen atoms in total. The maximum atomic E-state index is 12.8. The first-order valence-electron chi connectivity index (χ1n) is 10.7. The van der Waals surface area contributed by atoms with Gasteiger partial charge in [0.2, 0.25) is 0 Å². The minimum atomic E-state index is -0.163. The SMILES string of the molecule is C/C(=C/N=Nc1ccccc1C(=O)c1ccccc1)C(C)(C)c1ccccc1C.CC. The van der Waals surface area contributed by atoms with E-state index in [0.29, 0.717) is 16.8 Å². The van der Waals surface area contributed by atoms with E-state index in [1.165, 1.54) is 11.1 Å². The van der Waals surface area contributed by atoms with Crippen LogP contribution in [0.3, 0.4) is 0 Å². The van der Waals surface area contributed by atoms with Crippen molar-refractivity contribution >= 4 is 11.5 Å². The predicted molar refractivity (Wildman–Crippen MR) is 130 cm³/mol. The van der Waals surface area contributed by atoms with Crippen LogP contribution in [0.5, 0.6) is 0 Å². The lowest BCUT2D eigenvalue weighted by atomic mass is 9.77. The number of allylic oxidation sites excluding steroid dienone is 1. The Morgan fingerprint density at radius 2 is 1.42 bits per heavy atom. The van der Waals surface area contributed by atoms with Gasteiger partial charge < -0.3 is 0 Å².